The van der Waals surface area contributed by atoms with Gasteiger partial charge < -0.3 is 4.98 Å². The smallest absolute Gasteiger partial charge is 0.251 e. The summed E-state index contributed by atoms with van der Waals surface area (Å²) in [5.74, 6) is 0.582. The molecule has 1 aliphatic rings. The van der Waals surface area contributed by atoms with Crippen LogP contribution in [0.5, 0.6) is 0 Å². The fourth-order valence-electron chi connectivity index (χ4n) is 3.06. The third-order valence-electron chi connectivity index (χ3n) is 4.33. The molecule has 0 bridgehead atoms. The number of aryl methyl sites for hydroxylation is 1. The van der Waals surface area contributed by atoms with Crippen molar-refractivity contribution in [3.63, 3.8) is 0 Å². The van der Waals surface area contributed by atoms with Gasteiger partial charge in [0.05, 0.1) is 0 Å². The van der Waals surface area contributed by atoms with Crippen LogP contribution in [0.2, 0.25) is 5.02 Å². The van der Waals surface area contributed by atoms with Crippen molar-refractivity contribution >= 4 is 17.2 Å². The average molecular weight is 314 g/mol. The molecule has 0 aliphatic heterocycles. The van der Waals surface area contributed by atoms with E-state index in [4.69, 9.17) is 11.6 Å². The number of halogens is 1. The van der Waals surface area contributed by atoms with Crippen molar-refractivity contribution in [2.45, 2.75) is 32.6 Å². The van der Waals surface area contributed by atoms with Gasteiger partial charge in [0.2, 0.25) is 0 Å². The molecule has 1 aromatic heterocycles. The van der Waals surface area contributed by atoms with Gasteiger partial charge in [-0.1, -0.05) is 48.7 Å². The lowest BCUT2D eigenvalue weighted by Crippen LogP contribution is -2.11. The van der Waals surface area contributed by atoms with Gasteiger partial charge in [-0.25, -0.2) is 0 Å². The van der Waals surface area contributed by atoms with Crippen molar-refractivity contribution in [1.29, 1.82) is 0 Å². The zero-order valence-corrected chi connectivity index (χ0v) is 13.5. The number of H-pyrrole nitrogens is 1. The number of hydrogen-bond acceptors (Lipinski definition) is 1. The number of aromatic nitrogens is 1. The number of allylic oxidation sites excluding steroid dienone is 1. The van der Waals surface area contributed by atoms with Gasteiger partial charge in [-0.15, -0.1) is 0 Å². The molecule has 3 heteroatoms. The lowest BCUT2D eigenvalue weighted by Gasteiger charge is -2.12. The predicted molar refractivity (Wildman–Crippen MR) is 92.3 cm³/mol. The highest BCUT2D eigenvalue weighted by Crippen LogP contribution is 2.32. The highest BCUT2D eigenvalue weighted by molar-refractivity contribution is 6.30. The maximum Gasteiger partial charge on any atom is 0.251 e. The van der Waals surface area contributed by atoms with E-state index in [-0.39, 0.29) is 5.56 Å². The second-order valence-electron chi connectivity index (χ2n) is 6.02. The van der Waals surface area contributed by atoms with Crippen LogP contribution in [0.25, 0.3) is 5.57 Å². The molecule has 22 heavy (non-hydrogen) atoms. The van der Waals surface area contributed by atoms with Gasteiger partial charge in [0.1, 0.15) is 0 Å². The fourth-order valence-corrected chi connectivity index (χ4v) is 3.25. The minimum Gasteiger partial charge on any atom is -0.322 e. The summed E-state index contributed by atoms with van der Waals surface area (Å²) in [5, 5.41) is 0.712. The van der Waals surface area contributed by atoms with Gasteiger partial charge in [-0.05, 0) is 49.4 Å². The molecule has 1 N–H and O–H groups in total. The Bertz CT molecular complexity index is 754. The van der Waals surface area contributed by atoms with Gasteiger partial charge >= 0.3 is 0 Å². The summed E-state index contributed by atoms with van der Waals surface area (Å²) in [6.45, 7) is 1.82. The molecule has 2 aromatic rings. The van der Waals surface area contributed by atoms with Gasteiger partial charge in [0.15, 0.2) is 0 Å². The number of benzene rings is 1. The van der Waals surface area contributed by atoms with Crippen molar-refractivity contribution in [3.05, 3.63) is 74.7 Å². The van der Waals surface area contributed by atoms with Crippen molar-refractivity contribution in [1.82, 2.24) is 4.98 Å². The Morgan fingerprint density at radius 1 is 1.23 bits per heavy atom. The van der Waals surface area contributed by atoms with Crippen LogP contribution in [0.1, 0.15) is 42.5 Å². The number of hydrogen-bond donors (Lipinski definition) is 1. The summed E-state index contributed by atoms with van der Waals surface area (Å²) in [4.78, 5) is 15.0. The Kier molecular flexibility index (Phi) is 4.49. The van der Waals surface area contributed by atoms with E-state index in [1.807, 2.05) is 43.3 Å². The van der Waals surface area contributed by atoms with Crippen LogP contribution in [0.4, 0.5) is 0 Å². The quantitative estimate of drug-likeness (QED) is 0.853. The number of rotatable bonds is 3. The van der Waals surface area contributed by atoms with E-state index in [9.17, 15) is 4.79 Å². The van der Waals surface area contributed by atoms with Crippen molar-refractivity contribution < 1.29 is 0 Å². The topological polar surface area (TPSA) is 32.9 Å². The summed E-state index contributed by atoms with van der Waals surface area (Å²) in [6.07, 6.45) is 7.32. The van der Waals surface area contributed by atoms with Crippen LogP contribution >= 0.6 is 11.6 Å². The normalized spacial score (nSPS) is 16.2. The molecule has 114 valence electrons. The standard InChI is InChI=1S/C19H20ClNO/c1-13-9-10-18(21-19(13)22)17(11-14-5-2-3-6-14)15-7-4-8-16(20)12-15/h4,7-12,14H,2-3,5-6H2,1H3,(H,21,22)/b17-11+. The van der Waals surface area contributed by atoms with E-state index in [2.05, 4.69) is 11.1 Å². The molecule has 1 aromatic carbocycles. The summed E-state index contributed by atoms with van der Waals surface area (Å²) in [5.41, 5.74) is 3.70. The zero-order chi connectivity index (χ0) is 15.5. The Hall–Kier alpha value is -1.80. The Balaban J connectivity index is 2.09. The molecule has 1 heterocycles. The van der Waals surface area contributed by atoms with Crippen LogP contribution in [0.3, 0.4) is 0 Å². The fraction of sp³-hybridized carbons (Fsp3) is 0.316. The maximum absolute atomic E-state index is 12.0. The molecular formula is C19H20ClNO. The van der Waals surface area contributed by atoms with E-state index in [0.717, 1.165) is 22.4 Å². The van der Waals surface area contributed by atoms with Gasteiger partial charge in [0.25, 0.3) is 5.56 Å². The third-order valence-corrected chi connectivity index (χ3v) is 4.57. The highest BCUT2D eigenvalue weighted by Gasteiger charge is 2.16. The van der Waals surface area contributed by atoms with Crippen LogP contribution in [-0.4, -0.2) is 4.98 Å². The molecule has 0 unspecified atom stereocenters. The maximum atomic E-state index is 12.0. The molecule has 1 fully saturated rings. The second kappa shape index (κ2) is 6.53. The summed E-state index contributed by atoms with van der Waals surface area (Å²) >= 11 is 6.15. The first-order chi connectivity index (χ1) is 10.6. The molecule has 2 nitrogen and oxygen atoms in total. The number of pyridine rings is 1. The van der Waals surface area contributed by atoms with E-state index >= 15 is 0 Å². The molecule has 1 saturated carbocycles. The monoisotopic (exact) mass is 313 g/mol. The molecule has 0 atom stereocenters. The highest BCUT2D eigenvalue weighted by atomic mass is 35.5. The van der Waals surface area contributed by atoms with Crippen molar-refractivity contribution in [2.24, 2.45) is 5.92 Å². The Morgan fingerprint density at radius 2 is 2.00 bits per heavy atom. The minimum atomic E-state index is -0.0307. The van der Waals surface area contributed by atoms with Crippen LogP contribution < -0.4 is 5.56 Å². The van der Waals surface area contributed by atoms with Gasteiger partial charge in [-0.2, -0.15) is 0 Å². The summed E-state index contributed by atoms with van der Waals surface area (Å²) < 4.78 is 0. The molecule has 0 spiro atoms. The lowest BCUT2D eigenvalue weighted by atomic mass is 9.96. The van der Waals surface area contributed by atoms with E-state index in [1.54, 1.807) is 0 Å². The number of aromatic amines is 1. The second-order valence-corrected chi connectivity index (χ2v) is 6.46. The van der Waals surface area contributed by atoms with Gasteiger partial charge in [0, 0.05) is 21.9 Å². The molecular weight excluding hydrogens is 294 g/mol. The largest absolute Gasteiger partial charge is 0.322 e. The average Bonchev–Trinajstić information content (AvgIpc) is 3.01. The first-order valence-electron chi connectivity index (χ1n) is 7.81. The SMILES string of the molecule is Cc1ccc(/C(=C/C2CCCC2)c2cccc(Cl)c2)[nH]c1=O. The van der Waals surface area contributed by atoms with E-state index in [0.29, 0.717) is 10.9 Å². The Morgan fingerprint density at radius 3 is 2.68 bits per heavy atom. The minimum absolute atomic E-state index is 0.0307. The van der Waals surface area contributed by atoms with E-state index in [1.165, 1.54) is 25.7 Å². The molecule has 0 amide bonds. The molecule has 3 rings (SSSR count). The molecule has 0 saturated heterocycles. The van der Waals surface area contributed by atoms with Crippen LogP contribution in [0, 0.1) is 12.8 Å². The van der Waals surface area contributed by atoms with Crippen LogP contribution in [-0.2, 0) is 0 Å². The lowest BCUT2D eigenvalue weighted by molar-refractivity contribution is 0.687. The Labute approximate surface area is 135 Å². The third kappa shape index (κ3) is 3.33. The van der Waals surface area contributed by atoms with Crippen molar-refractivity contribution in [2.75, 3.05) is 0 Å². The zero-order valence-electron chi connectivity index (χ0n) is 12.7. The molecule has 0 radical (unpaired) electrons. The first kappa shape index (κ1) is 15.1. The predicted octanol–water partition coefficient (Wildman–Crippen LogP) is 4.96. The first-order valence-corrected chi connectivity index (χ1v) is 8.19. The van der Waals surface area contributed by atoms with Crippen LogP contribution in [0.15, 0.2) is 47.3 Å². The molecule has 1 aliphatic carbocycles. The van der Waals surface area contributed by atoms with Crippen molar-refractivity contribution in [3.8, 4) is 0 Å². The van der Waals surface area contributed by atoms with E-state index < -0.39 is 0 Å². The summed E-state index contributed by atoms with van der Waals surface area (Å²) in [7, 11) is 0. The number of nitrogens with one attached hydrogen (secondary N) is 1. The van der Waals surface area contributed by atoms with Gasteiger partial charge in [-0.3, -0.25) is 4.79 Å². The summed E-state index contributed by atoms with van der Waals surface area (Å²) in [6, 6.07) is 11.7.